The van der Waals surface area contributed by atoms with Crippen molar-refractivity contribution in [3.63, 3.8) is 0 Å². The van der Waals surface area contributed by atoms with E-state index >= 15 is 0 Å². The van der Waals surface area contributed by atoms with Crippen molar-refractivity contribution in [3.8, 4) is 0 Å². The minimum absolute atomic E-state index is 0.0926. The Bertz CT molecular complexity index is 692. The molecule has 1 aliphatic rings. The van der Waals surface area contributed by atoms with Crippen molar-refractivity contribution in [2.24, 2.45) is 0 Å². The van der Waals surface area contributed by atoms with Crippen LogP contribution >= 0.6 is 7.60 Å². The number of H-pyrrole nitrogens is 1. The molecule has 0 amide bonds. The summed E-state index contributed by atoms with van der Waals surface area (Å²) in [6.45, 7) is 1.31. The summed E-state index contributed by atoms with van der Waals surface area (Å²) in [4.78, 5) is 42.6. The first-order valence-electron chi connectivity index (χ1n) is 6.45. The van der Waals surface area contributed by atoms with Gasteiger partial charge in [0.15, 0.2) is 0 Å². The molecule has 0 unspecified atom stereocenters. The molecule has 0 bridgehead atoms. The molecule has 2 heterocycles. The van der Waals surface area contributed by atoms with Crippen LogP contribution < -0.4 is 11.2 Å². The number of hydrogen-bond donors (Lipinski definition) is 4. The Morgan fingerprint density at radius 2 is 2.18 bits per heavy atom. The lowest BCUT2D eigenvalue weighted by Gasteiger charge is -2.16. The minimum Gasteiger partial charge on any atom is -0.390 e. The first-order valence-corrected chi connectivity index (χ1v) is 8.25. The summed E-state index contributed by atoms with van der Waals surface area (Å²) in [6, 6.07) is 0. The second-order valence-electron chi connectivity index (χ2n) is 5.08. The number of aliphatic hydroxyl groups is 1. The number of rotatable bonds is 5. The molecule has 1 aromatic rings. The van der Waals surface area contributed by atoms with Crippen LogP contribution in [0.4, 0.5) is 0 Å². The minimum atomic E-state index is -4.29. The molecule has 10 nitrogen and oxygen atoms in total. The van der Waals surface area contributed by atoms with Crippen LogP contribution in [0.1, 0.15) is 18.2 Å². The summed E-state index contributed by atoms with van der Waals surface area (Å²) in [5.74, 6) is 0. The van der Waals surface area contributed by atoms with Crippen LogP contribution in [0.3, 0.4) is 0 Å². The van der Waals surface area contributed by atoms with Crippen LogP contribution in [0.2, 0.25) is 0 Å². The number of nitrogens with zero attached hydrogens (tertiary/aromatic N) is 1. The van der Waals surface area contributed by atoms with E-state index < -0.39 is 43.6 Å². The fourth-order valence-electron chi connectivity index (χ4n) is 2.12. The molecular weight excluding hydrogens is 319 g/mol. The van der Waals surface area contributed by atoms with Crippen LogP contribution in [-0.2, 0) is 14.0 Å². The van der Waals surface area contributed by atoms with Gasteiger partial charge in [0.25, 0.3) is 5.56 Å². The average Bonchev–Trinajstić information content (AvgIpc) is 2.74. The molecular formula is C11H17N2O8P. The Labute approximate surface area is 124 Å². The highest BCUT2D eigenvalue weighted by atomic mass is 31.2. The van der Waals surface area contributed by atoms with Crippen molar-refractivity contribution in [3.05, 3.63) is 32.6 Å². The fourth-order valence-corrected chi connectivity index (χ4v) is 2.47. The van der Waals surface area contributed by atoms with Gasteiger partial charge in [-0.05, 0) is 6.92 Å². The Morgan fingerprint density at radius 1 is 1.50 bits per heavy atom. The molecule has 0 aromatic carbocycles. The zero-order valence-corrected chi connectivity index (χ0v) is 12.6. The normalized spacial score (nSPS) is 25.5. The number of aryl methyl sites for hydroxylation is 1. The molecule has 2 rings (SSSR count). The zero-order chi connectivity index (χ0) is 16.5. The van der Waals surface area contributed by atoms with E-state index in [2.05, 4.69) is 4.98 Å². The van der Waals surface area contributed by atoms with Gasteiger partial charge in [0.05, 0.1) is 12.7 Å². The van der Waals surface area contributed by atoms with Gasteiger partial charge in [-0.1, -0.05) is 0 Å². The number of ether oxygens (including phenoxy) is 2. The first kappa shape index (κ1) is 17.1. The second-order valence-corrected chi connectivity index (χ2v) is 6.66. The third-order valence-corrected chi connectivity index (χ3v) is 3.72. The predicted octanol–water partition coefficient (Wildman–Crippen LogP) is -1.35. The molecule has 0 radical (unpaired) electrons. The lowest BCUT2D eigenvalue weighted by Crippen LogP contribution is -2.33. The molecule has 1 fully saturated rings. The van der Waals surface area contributed by atoms with Crippen molar-refractivity contribution in [2.45, 2.75) is 31.8 Å². The van der Waals surface area contributed by atoms with Crippen LogP contribution in [-0.4, -0.2) is 49.6 Å². The van der Waals surface area contributed by atoms with Crippen molar-refractivity contribution < 1.29 is 28.9 Å². The predicted molar refractivity (Wildman–Crippen MR) is 73.5 cm³/mol. The molecule has 0 aliphatic carbocycles. The van der Waals surface area contributed by atoms with E-state index in [1.54, 1.807) is 0 Å². The van der Waals surface area contributed by atoms with E-state index in [-0.39, 0.29) is 13.0 Å². The van der Waals surface area contributed by atoms with Crippen LogP contribution in [0.5, 0.6) is 0 Å². The molecule has 4 N–H and O–H groups in total. The summed E-state index contributed by atoms with van der Waals surface area (Å²) in [6.07, 6.45) is -1.92. The standard InChI is InChI=1S/C11H17N2O8P/c1-6-3-13(11(16)12-10(6)15)9-2-7(14)8(21-9)4-20-5-22(17,18)19/h3,7-9,14H,2,4-5H2,1H3,(H,12,15,16)(H2,17,18,19)/t7-,8+,9+/m0/s1. The maximum atomic E-state index is 11.7. The number of hydrogen-bond acceptors (Lipinski definition) is 6. The quantitative estimate of drug-likeness (QED) is 0.482. The van der Waals surface area contributed by atoms with Crippen LogP contribution in [0, 0.1) is 6.92 Å². The summed E-state index contributed by atoms with van der Waals surface area (Å²) in [5.41, 5.74) is -0.843. The van der Waals surface area contributed by atoms with Gasteiger partial charge in [-0.2, -0.15) is 0 Å². The van der Waals surface area contributed by atoms with Gasteiger partial charge in [-0.15, -0.1) is 0 Å². The van der Waals surface area contributed by atoms with Gasteiger partial charge >= 0.3 is 13.3 Å². The first-order chi connectivity index (χ1) is 10.2. The zero-order valence-electron chi connectivity index (χ0n) is 11.7. The van der Waals surface area contributed by atoms with Crippen molar-refractivity contribution in [1.82, 2.24) is 9.55 Å². The van der Waals surface area contributed by atoms with Crippen LogP contribution in [0.15, 0.2) is 15.8 Å². The third-order valence-electron chi connectivity index (χ3n) is 3.20. The highest BCUT2D eigenvalue weighted by Gasteiger charge is 2.36. The highest BCUT2D eigenvalue weighted by molar-refractivity contribution is 7.51. The molecule has 0 saturated carbocycles. The molecule has 11 heteroatoms. The van der Waals surface area contributed by atoms with E-state index in [4.69, 9.17) is 19.3 Å². The number of aromatic nitrogens is 2. The largest absolute Gasteiger partial charge is 0.390 e. The average molecular weight is 336 g/mol. The van der Waals surface area contributed by atoms with Gasteiger partial charge in [0.1, 0.15) is 18.7 Å². The van der Waals surface area contributed by atoms with Gasteiger partial charge in [0.2, 0.25) is 0 Å². The molecule has 1 aromatic heterocycles. The summed E-state index contributed by atoms with van der Waals surface area (Å²) in [7, 11) is -4.29. The lowest BCUT2D eigenvalue weighted by atomic mass is 10.2. The van der Waals surface area contributed by atoms with E-state index in [0.29, 0.717) is 5.56 Å². The Kier molecular flexibility index (Phi) is 5.00. The van der Waals surface area contributed by atoms with E-state index in [0.717, 1.165) is 4.57 Å². The second kappa shape index (κ2) is 6.45. The molecule has 0 spiro atoms. The van der Waals surface area contributed by atoms with Gasteiger partial charge in [-0.3, -0.25) is 18.9 Å². The van der Waals surface area contributed by atoms with Gasteiger partial charge in [0, 0.05) is 18.2 Å². The molecule has 1 saturated heterocycles. The maximum Gasteiger partial charge on any atom is 0.350 e. The number of aliphatic hydroxyl groups excluding tert-OH is 1. The topological polar surface area (TPSA) is 151 Å². The van der Waals surface area contributed by atoms with Crippen molar-refractivity contribution in [2.75, 3.05) is 13.0 Å². The molecule has 1 aliphatic heterocycles. The smallest absolute Gasteiger partial charge is 0.350 e. The summed E-state index contributed by atoms with van der Waals surface area (Å²) < 4.78 is 22.1. The Morgan fingerprint density at radius 3 is 2.82 bits per heavy atom. The summed E-state index contributed by atoms with van der Waals surface area (Å²) in [5, 5.41) is 9.88. The third kappa shape index (κ3) is 4.13. The highest BCUT2D eigenvalue weighted by Crippen LogP contribution is 2.34. The molecule has 3 atom stereocenters. The Hall–Kier alpha value is -1.29. The SMILES string of the molecule is Cc1cn([C@H]2C[C@H](O)[C@@H](COCP(=O)(O)O)O2)c(=O)[nH]c1=O. The van der Waals surface area contributed by atoms with Crippen LogP contribution in [0.25, 0.3) is 0 Å². The number of aromatic amines is 1. The monoisotopic (exact) mass is 336 g/mol. The maximum absolute atomic E-state index is 11.7. The molecule has 22 heavy (non-hydrogen) atoms. The summed E-state index contributed by atoms with van der Waals surface area (Å²) >= 11 is 0. The molecule has 124 valence electrons. The Balaban J connectivity index is 2.05. The van der Waals surface area contributed by atoms with E-state index in [1.807, 2.05) is 0 Å². The van der Waals surface area contributed by atoms with Crippen molar-refractivity contribution in [1.29, 1.82) is 0 Å². The lowest BCUT2D eigenvalue weighted by molar-refractivity contribution is -0.0587. The van der Waals surface area contributed by atoms with Gasteiger partial charge < -0.3 is 24.4 Å². The number of nitrogens with one attached hydrogen (secondary N) is 1. The van der Waals surface area contributed by atoms with Crippen molar-refractivity contribution >= 4 is 7.60 Å². The fraction of sp³-hybridized carbons (Fsp3) is 0.636. The van der Waals surface area contributed by atoms with Gasteiger partial charge in [-0.25, -0.2) is 4.79 Å². The van der Waals surface area contributed by atoms with E-state index in [9.17, 15) is 19.3 Å². The van der Waals surface area contributed by atoms with E-state index in [1.165, 1.54) is 13.1 Å².